The third kappa shape index (κ3) is 3.01. The van der Waals surface area contributed by atoms with E-state index in [1.54, 1.807) is 4.90 Å². The highest BCUT2D eigenvalue weighted by molar-refractivity contribution is 6.31. The van der Waals surface area contributed by atoms with Crippen molar-refractivity contribution in [2.45, 2.75) is 31.7 Å². The molecule has 0 radical (unpaired) electrons. The molecule has 1 fully saturated rings. The predicted molar refractivity (Wildman–Crippen MR) is 75.3 cm³/mol. The average Bonchev–Trinajstić information content (AvgIpc) is 2.63. The quantitative estimate of drug-likeness (QED) is 0.685. The summed E-state index contributed by atoms with van der Waals surface area (Å²) < 4.78 is 0. The summed E-state index contributed by atoms with van der Waals surface area (Å²) in [5.41, 5.74) is 0.180. The van der Waals surface area contributed by atoms with Crippen LogP contribution in [-0.2, 0) is 4.79 Å². The monoisotopic (exact) mass is 298 g/mol. The molecule has 1 N–H and O–H groups in total. The van der Waals surface area contributed by atoms with Crippen molar-refractivity contribution in [1.82, 2.24) is 0 Å². The molecular weight excluding hydrogens is 284 g/mol. The summed E-state index contributed by atoms with van der Waals surface area (Å²) in [6.45, 7) is 0.484. The number of carboxylic acids is 1. The summed E-state index contributed by atoms with van der Waals surface area (Å²) in [6, 6.07) is 3.49. The van der Waals surface area contributed by atoms with Gasteiger partial charge in [0.05, 0.1) is 4.92 Å². The molecule has 1 atom stereocenters. The zero-order valence-corrected chi connectivity index (χ0v) is 11.5. The van der Waals surface area contributed by atoms with E-state index in [-0.39, 0.29) is 11.4 Å². The number of nitrogens with zero attached hydrogens (tertiary/aromatic N) is 2. The SMILES string of the molecule is O=C(O)C1CCCCCN1c1cc(Cl)ccc1[N+](=O)[O-]. The Bertz CT molecular complexity index is 535. The highest BCUT2D eigenvalue weighted by Crippen LogP contribution is 2.34. The molecule has 0 spiro atoms. The molecule has 0 amide bonds. The number of aliphatic carboxylic acids is 1. The van der Waals surface area contributed by atoms with Crippen molar-refractivity contribution in [3.8, 4) is 0 Å². The predicted octanol–water partition coefficient (Wildman–Crippen LogP) is 3.08. The van der Waals surface area contributed by atoms with Crippen molar-refractivity contribution in [1.29, 1.82) is 0 Å². The Kier molecular flexibility index (Phi) is 4.44. The lowest BCUT2D eigenvalue weighted by molar-refractivity contribution is -0.384. The zero-order chi connectivity index (χ0) is 14.7. The molecule has 0 aliphatic carbocycles. The maximum atomic E-state index is 11.4. The van der Waals surface area contributed by atoms with Crippen molar-refractivity contribution < 1.29 is 14.8 Å². The van der Waals surface area contributed by atoms with Gasteiger partial charge in [0.2, 0.25) is 0 Å². The van der Waals surface area contributed by atoms with Gasteiger partial charge in [0.25, 0.3) is 5.69 Å². The van der Waals surface area contributed by atoms with Gasteiger partial charge in [-0.05, 0) is 25.0 Å². The van der Waals surface area contributed by atoms with Gasteiger partial charge in [-0.3, -0.25) is 10.1 Å². The van der Waals surface area contributed by atoms with E-state index in [4.69, 9.17) is 11.6 Å². The molecule has 6 nitrogen and oxygen atoms in total. The van der Waals surface area contributed by atoms with Crippen molar-refractivity contribution in [2.75, 3.05) is 11.4 Å². The summed E-state index contributed by atoms with van der Waals surface area (Å²) in [7, 11) is 0. The first-order valence-electron chi connectivity index (χ1n) is 6.44. The molecule has 108 valence electrons. The summed E-state index contributed by atoms with van der Waals surface area (Å²) in [5, 5.41) is 20.8. The molecule has 7 heteroatoms. The number of hydrogen-bond acceptors (Lipinski definition) is 4. The highest BCUT2D eigenvalue weighted by Gasteiger charge is 2.31. The molecule has 1 heterocycles. The number of hydrogen-bond donors (Lipinski definition) is 1. The fraction of sp³-hybridized carbons (Fsp3) is 0.462. The number of rotatable bonds is 3. The van der Waals surface area contributed by atoms with Crippen LogP contribution in [-0.4, -0.2) is 28.6 Å². The molecular formula is C13H15ClN2O4. The Morgan fingerprint density at radius 1 is 1.40 bits per heavy atom. The van der Waals surface area contributed by atoms with Crippen molar-refractivity contribution in [3.05, 3.63) is 33.3 Å². The van der Waals surface area contributed by atoms with Crippen LogP contribution in [0.3, 0.4) is 0 Å². The van der Waals surface area contributed by atoms with Gasteiger partial charge < -0.3 is 10.0 Å². The molecule has 1 unspecified atom stereocenters. The first kappa shape index (κ1) is 14.6. The van der Waals surface area contributed by atoms with Gasteiger partial charge in [-0.1, -0.05) is 24.4 Å². The second-order valence-corrected chi connectivity index (χ2v) is 5.22. The Balaban J connectivity index is 2.47. The average molecular weight is 299 g/mol. The maximum absolute atomic E-state index is 11.4. The van der Waals surface area contributed by atoms with Crippen molar-refractivity contribution in [3.63, 3.8) is 0 Å². The van der Waals surface area contributed by atoms with Gasteiger partial charge in [0.15, 0.2) is 0 Å². The van der Waals surface area contributed by atoms with E-state index < -0.39 is 16.9 Å². The van der Waals surface area contributed by atoms with Crippen LogP contribution in [0, 0.1) is 10.1 Å². The van der Waals surface area contributed by atoms with Crippen LogP contribution < -0.4 is 4.90 Å². The molecule has 1 aromatic rings. The van der Waals surface area contributed by atoms with Crippen LogP contribution in [0.4, 0.5) is 11.4 Å². The second kappa shape index (κ2) is 6.09. The highest BCUT2D eigenvalue weighted by atomic mass is 35.5. The Labute approximate surface area is 121 Å². The number of carbonyl (C=O) groups is 1. The molecule has 0 aromatic heterocycles. The third-order valence-electron chi connectivity index (χ3n) is 3.48. The largest absolute Gasteiger partial charge is 0.480 e. The number of nitro groups is 1. The minimum Gasteiger partial charge on any atom is -0.480 e. The van der Waals surface area contributed by atoms with E-state index in [1.165, 1.54) is 18.2 Å². The first-order valence-corrected chi connectivity index (χ1v) is 6.82. The molecule has 2 rings (SSSR count). The lowest BCUT2D eigenvalue weighted by Crippen LogP contribution is -2.41. The summed E-state index contributed by atoms with van der Waals surface area (Å²) in [4.78, 5) is 23.6. The van der Waals surface area contributed by atoms with E-state index in [0.29, 0.717) is 18.0 Å². The Morgan fingerprint density at radius 2 is 2.15 bits per heavy atom. The minimum atomic E-state index is -0.957. The number of carboxylic acid groups (broad SMARTS) is 1. The molecule has 1 aromatic carbocycles. The standard InChI is InChI=1S/C13H15ClN2O4/c14-9-5-6-10(16(19)20)12(8-9)15-7-3-1-2-4-11(15)13(17)18/h5-6,8,11H,1-4,7H2,(H,17,18). The van der Waals surface area contributed by atoms with E-state index in [2.05, 4.69) is 0 Å². The molecule has 0 saturated carbocycles. The van der Waals surface area contributed by atoms with Crippen molar-refractivity contribution >= 4 is 28.9 Å². The first-order chi connectivity index (χ1) is 9.50. The lowest BCUT2D eigenvalue weighted by atomic mass is 10.1. The summed E-state index contributed by atoms with van der Waals surface area (Å²) >= 11 is 5.91. The van der Waals surface area contributed by atoms with Crippen LogP contribution in [0.2, 0.25) is 5.02 Å². The topological polar surface area (TPSA) is 83.7 Å². The van der Waals surface area contributed by atoms with E-state index in [9.17, 15) is 20.0 Å². The molecule has 1 aliphatic heterocycles. The van der Waals surface area contributed by atoms with E-state index in [1.807, 2.05) is 0 Å². The molecule has 0 bridgehead atoms. The normalized spacial score (nSPS) is 19.4. The van der Waals surface area contributed by atoms with Gasteiger partial charge in [-0.25, -0.2) is 4.79 Å². The van der Waals surface area contributed by atoms with Crippen molar-refractivity contribution in [2.24, 2.45) is 0 Å². The zero-order valence-electron chi connectivity index (χ0n) is 10.8. The van der Waals surface area contributed by atoms with E-state index >= 15 is 0 Å². The molecule has 1 aliphatic rings. The van der Waals surface area contributed by atoms with Crippen LogP contribution in [0.25, 0.3) is 0 Å². The van der Waals surface area contributed by atoms with Gasteiger partial charge >= 0.3 is 5.97 Å². The fourth-order valence-electron chi connectivity index (χ4n) is 2.53. The van der Waals surface area contributed by atoms with Gasteiger partial charge in [-0.2, -0.15) is 0 Å². The number of halogens is 1. The van der Waals surface area contributed by atoms with Crippen LogP contribution in [0.1, 0.15) is 25.7 Å². The third-order valence-corrected chi connectivity index (χ3v) is 3.72. The van der Waals surface area contributed by atoms with Gasteiger partial charge in [-0.15, -0.1) is 0 Å². The van der Waals surface area contributed by atoms with Gasteiger partial charge in [0.1, 0.15) is 11.7 Å². The molecule has 1 saturated heterocycles. The number of benzene rings is 1. The van der Waals surface area contributed by atoms with Crippen LogP contribution in [0.5, 0.6) is 0 Å². The fourth-order valence-corrected chi connectivity index (χ4v) is 2.70. The van der Waals surface area contributed by atoms with E-state index in [0.717, 1.165) is 19.3 Å². The minimum absolute atomic E-state index is 0.109. The molecule has 20 heavy (non-hydrogen) atoms. The van der Waals surface area contributed by atoms with Crippen LogP contribution in [0.15, 0.2) is 18.2 Å². The Morgan fingerprint density at radius 3 is 2.80 bits per heavy atom. The maximum Gasteiger partial charge on any atom is 0.326 e. The number of anilines is 1. The Hall–Kier alpha value is -1.82. The van der Waals surface area contributed by atoms with Crippen LogP contribution >= 0.6 is 11.6 Å². The lowest BCUT2D eigenvalue weighted by Gasteiger charge is -2.28. The summed E-state index contributed by atoms with van der Waals surface area (Å²) in [5.74, 6) is -0.957. The number of nitro benzene ring substituents is 1. The smallest absolute Gasteiger partial charge is 0.326 e. The summed E-state index contributed by atoms with van der Waals surface area (Å²) in [6.07, 6.45) is 3.03. The van der Waals surface area contributed by atoms with Gasteiger partial charge in [0, 0.05) is 17.6 Å². The second-order valence-electron chi connectivity index (χ2n) is 4.79.